The maximum Gasteiger partial charge on any atom is 0.238 e. The van der Waals surface area contributed by atoms with E-state index in [1.807, 2.05) is 23.1 Å². The SMILES string of the molecule is N#Cc1ccc2c(c1)CN(CC(=O)Nc1ccc(S(N)(=O)=O)cc1)CC2. The Morgan fingerprint density at radius 2 is 1.92 bits per heavy atom. The number of carbonyl (C=O) groups excluding carboxylic acids is 1. The van der Waals surface area contributed by atoms with E-state index in [1.54, 1.807) is 0 Å². The lowest BCUT2D eigenvalue weighted by Gasteiger charge is -2.28. The van der Waals surface area contributed by atoms with Crippen LogP contribution < -0.4 is 10.5 Å². The highest BCUT2D eigenvalue weighted by atomic mass is 32.2. The highest BCUT2D eigenvalue weighted by Crippen LogP contribution is 2.20. The number of hydrogen-bond donors (Lipinski definition) is 2. The van der Waals surface area contributed by atoms with E-state index in [4.69, 9.17) is 10.4 Å². The summed E-state index contributed by atoms with van der Waals surface area (Å²) in [6, 6.07) is 13.5. The molecule has 0 atom stereocenters. The second-order valence-corrected chi connectivity index (χ2v) is 7.73. The zero-order valence-electron chi connectivity index (χ0n) is 14.0. The second kappa shape index (κ2) is 7.25. The number of nitrogens with one attached hydrogen (secondary N) is 1. The number of anilines is 1. The van der Waals surface area contributed by atoms with Crippen LogP contribution in [0.4, 0.5) is 5.69 Å². The van der Waals surface area contributed by atoms with E-state index in [1.165, 1.54) is 29.8 Å². The van der Waals surface area contributed by atoms with E-state index >= 15 is 0 Å². The molecule has 0 saturated carbocycles. The van der Waals surface area contributed by atoms with Gasteiger partial charge in [-0.3, -0.25) is 9.69 Å². The number of nitrogens with two attached hydrogens (primary N) is 1. The second-order valence-electron chi connectivity index (χ2n) is 6.17. The van der Waals surface area contributed by atoms with Gasteiger partial charge >= 0.3 is 0 Å². The van der Waals surface area contributed by atoms with Gasteiger partial charge in [0.05, 0.1) is 23.1 Å². The summed E-state index contributed by atoms with van der Waals surface area (Å²) in [7, 11) is -3.75. The average molecular weight is 370 g/mol. The van der Waals surface area contributed by atoms with E-state index in [-0.39, 0.29) is 17.3 Å². The number of rotatable bonds is 4. The maximum atomic E-state index is 12.2. The number of carbonyl (C=O) groups is 1. The molecule has 0 aliphatic carbocycles. The lowest BCUT2D eigenvalue weighted by Crippen LogP contribution is -2.37. The first-order chi connectivity index (χ1) is 12.3. The van der Waals surface area contributed by atoms with Crippen molar-refractivity contribution in [2.45, 2.75) is 17.9 Å². The summed E-state index contributed by atoms with van der Waals surface area (Å²) >= 11 is 0. The Bertz CT molecular complexity index is 978. The fourth-order valence-electron chi connectivity index (χ4n) is 2.95. The topological polar surface area (TPSA) is 116 Å². The van der Waals surface area contributed by atoms with Crippen LogP contribution in [0, 0.1) is 11.3 Å². The number of fused-ring (bicyclic) bond motifs is 1. The van der Waals surface area contributed by atoms with Gasteiger partial charge in [0.1, 0.15) is 0 Å². The van der Waals surface area contributed by atoms with Gasteiger partial charge in [0.2, 0.25) is 15.9 Å². The molecular formula is C18H18N4O3S. The van der Waals surface area contributed by atoms with Crippen LogP contribution in [0.3, 0.4) is 0 Å². The molecule has 1 aliphatic heterocycles. The molecule has 0 spiro atoms. The highest BCUT2D eigenvalue weighted by Gasteiger charge is 2.19. The number of primary sulfonamides is 1. The summed E-state index contributed by atoms with van der Waals surface area (Å²) in [5, 5.41) is 16.8. The molecule has 0 aromatic heterocycles. The molecular weight excluding hydrogens is 352 g/mol. The van der Waals surface area contributed by atoms with Gasteiger partial charge in [0.15, 0.2) is 0 Å². The molecule has 0 fully saturated rings. The van der Waals surface area contributed by atoms with Crippen LogP contribution in [-0.2, 0) is 27.8 Å². The largest absolute Gasteiger partial charge is 0.325 e. The van der Waals surface area contributed by atoms with Gasteiger partial charge in [-0.2, -0.15) is 5.26 Å². The van der Waals surface area contributed by atoms with Crippen LogP contribution in [0.15, 0.2) is 47.4 Å². The van der Waals surface area contributed by atoms with Gasteiger partial charge in [-0.25, -0.2) is 13.6 Å². The molecule has 1 aliphatic rings. The molecule has 1 amide bonds. The van der Waals surface area contributed by atoms with E-state index < -0.39 is 10.0 Å². The van der Waals surface area contributed by atoms with Gasteiger partial charge in [-0.1, -0.05) is 6.07 Å². The monoisotopic (exact) mass is 370 g/mol. The Hall–Kier alpha value is -2.73. The van der Waals surface area contributed by atoms with Crippen LogP contribution in [0.25, 0.3) is 0 Å². The Morgan fingerprint density at radius 1 is 1.19 bits per heavy atom. The third-order valence-electron chi connectivity index (χ3n) is 4.26. The molecule has 26 heavy (non-hydrogen) atoms. The van der Waals surface area contributed by atoms with Crippen LogP contribution in [-0.4, -0.2) is 32.3 Å². The third-order valence-corrected chi connectivity index (χ3v) is 5.19. The maximum absolute atomic E-state index is 12.2. The standard InChI is InChI=1S/C18H18N4O3S/c19-10-13-1-2-14-7-8-22(11-15(14)9-13)12-18(23)21-16-3-5-17(6-4-16)26(20,24)25/h1-6,9H,7-8,11-12H2,(H,21,23)(H2,20,24,25). The van der Waals surface area contributed by atoms with Crippen molar-refractivity contribution in [3.63, 3.8) is 0 Å². The molecule has 8 heteroatoms. The Labute approximate surface area is 152 Å². The summed E-state index contributed by atoms with van der Waals surface area (Å²) in [5.74, 6) is -0.187. The van der Waals surface area contributed by atoms with E-state index in [0.29, 0.717) is 17.8 Å². The number of sulfonamides is 1. The number of nitriles is 1. The molecule has 2 aromatic rings. The van der Waals surface area contributed by atoms with Crippen LogP contribution in [0.2, 0.25) is 0 Å². The fourth-order valence-corrected chi connectivity index (χ4v) is 3.47. The van der Waals surface area contributed by atoms with E-state index in [2.05, 4.69) is 11.4 Å². The fraction of sp³-hybridized carbons (Fsp3) is 0.222. The number of nitrogens with zero attached hydrogens (tertiary/aromatic N) is 2. The van der Waals surface area contributed by atoms with Crippen molar-refractivity contribution in [2.75, 3.05) is 18.4 Å². The van der Waals surface area contributed by atoms with Crippen molar-refractivity contribution in [1.82, 2.24) is 4.90 Å². The normalized spacial score (nSPS) is 14.3. The lowest BCUT2D eigenvalue weighted by molar-refractivity contribution is -0.117. The molecule has 0 radical (unpaired) electrons. The lowest BCUT2D eigenvalue weighted by atomic mass is 9.98. The Balaban J connectivity index is 1.61. The van der Waals surface area contributed by atoms with Crippen LogP contribution >= 0.6 is 0 Å². The van der Waals surface area contributed by atoms with Gasteiger partial charge in [0.25, 0.3) is 0 Å². The third kappa shape index (κ3) is 4.26. The van der Waals surface area contributed by atoms with Gasteiger partial charge in [0, 0.05) is 18.8 Å². The van der Waals surface area contributed by atoms with Crippen LogP contribution in [0.1, 0.15) is 16.7 Å². The van der Waals surface area contributed by atoms with Crippen LogP contribution in [0.5, 0.6) is 0 Å². The molecule has 0 bridgehead atoms. The van der Waals surface area contributed by atoms with Crippen molar-refractivity contribution in [1.29, 1.82) is 5.26 Å². The molecule has 0 saturated heterocycles. The first kappa shape index (κ1) is 18.1. The first-order valence-electron chi connectivity index (χ1n) is 8.02. The molecule has 134 valence electrons. The number of benzene rings is 2. The van der Waals surface area contributed by atoms with Crippen molar-refractivity contribution in [3.8, 4) is 6.07 Å². The summed E-state index contributed by atoms with van der Waals surface area (Å²) in [6.45, 7) is 1.59. The van der Waals surface area contributed by atoms with Gasteiger partial charge < -0.3 is 5.32 Å². The van der Waals surface area contributed by atoms with Crippen molar-refractivity contribution < 1.29 is 13.2 Å². The predicted molar refractivity (Wildman–Crippen MR) is 96.6 cm³/mol. The summed E-state index contributed by atoms with van der Waals surface area (Å²) < 4.78 is 22.5. The number of amides is 1. The average Bonchev–Trinajstić information content (AvgIpc) is 2.60. The summed E-state index contributed by atoms with van der Waals surface area (Å²) in [6.07, 6.45) is 0.831. The van der Waals surface area contributed by atoms with Crippen molar-refractivity contribution in [2.24, 2.45) is 5.14 Å². The Morgan fingerprint density at radius 3 is 2.58 bits per heavy atom. The van der Waals surface area contributed by atoms with Crippen molar-refractivity contribution >= 4 is 21.6 Å². The molecule has 1 heterocycles. The minimum atomic E-state index is -3.75. The molecule has 0 unspecified atom stereocenters. The number of hydrogen-bond acceptors (Lipinski definition) is 5. The predicted octanol–water partition coefficient (Wildman–Crippen LogP) is 1.20. The molecule has 3 rings (SSSR count). The quantitative estimate of drug-likeness (QED) is 0.839. The molecule has 3 N–H and O–H groups in total. The molecule has 7 nitrogen and oxygen atoms in total. The van der Waals surface area contributed by atoms with Crippen molar-refractivity contribution in [3.05, 3.63) is 59.2 Å². The van der Waals surface area contributed by atoms with E-state index in [9.17, 15) is 13.2 Å². The highest BCUT2D eigenvalue weighted by molar-refractivity contribution is 7.89. The Kier molecular flexibility index (Phi) is 5.04. The molecule has 2 aromatic carbocycles. The summed E-state index contributed by atoms with van der Waals surface area (Å²) in [4.78, 5) is 14.3. The van der Waals surface area contributed by atoms with Gasteiger partial charge in [-0.15, -0.1) is 0 Å². The zero-order chi connectivity index (χ0) is 18.7. The van der Waals surface area contributed by atoms with E-state index in [0.717, 1.165) is 18.5 Å². The zero-order valence-corrected chi connectivity index (χ0v) is 14.8. The minimum absolute atomic E-state index is 0.00330. The first-order valence-corrected chi connectivity index (χ1v) is 9.57. The smallest absolute Gasteiger partial charge is 0.238 e. The minimum Gasteiger partial charge on any atom is -0.325 e. The van der Waals surface area contributed by atoms with Gasteiger partial charge in [-0.05, 0) is 53.9 Å². The summed E-state index contributed by atoms with van der Waals surface area (Å²) in [5.41, 5.74) is 3.40.